The van der Waals surface area contributed by atoms with Gasteiger partial charge in [-0.2, -0.15) is 0 Å². The third-order valence-corrected chi connectivity index (χ3v) is 3.40. The second kappa shape index (κ2) is 10.4. The highest BCUT2D eigenvalue weighted by Crippen LogP contribution is 2.07. The molecule has 1 fully saturated rings. The molecule has 0 bridgehead atoms. The second-order valence-corrected chi connectivity index (χ2v) is 5.01. The van der Waals surface area contributed by atoms with E-state index in [1.165, 1.54) is 0 Å². The summed E-state index contributed by atoms with van der Waals surface area (Å²) < 4.78 is 1.99. The molecule has 124 valence electrons. The Balaban J connectivity index is 0.00000242. The molecule has 8 heteroatoms. The molecule has 1 aliphatic heterocycles. The Morgan fingerprint density at radius 3 is 2.73 bits per heavy atom. The van der Waals surface area contributed by atoms with Crippen LogP contribution in [0.15, 0.2) is 23.7 Å². The number of likely N-dealkylation sites (tertiary alicyclic amines) is 1. The van der Waals surface area contributed by atoms with Crippen LogP contribution >= 0.6 is 24.0 Å². The lowest BCUT2D eigenvalue weighted by Gasteiger charge is -2.15. The first-order valence-electron chi connectivity index (χ1n) is 7.55. The zero-order valence-corrected chi connectivity index (χ0v) is 15.3. The Labute approximate surface area is 148 Å². The number of nitrogens with zero attached hydrogens (tertiary/aromatic N) is 4. The van der Waals surface area contributed by atoms with Gasteiger partial charge in [-0.15, -0.1) is 24.0 Å². The Hall–Kier alpha value is -1.32. The highest BCUT2D eigenvalue weighted by Gasteiger charge is 2.17. The predicted octanol–water partition coefficient (Wildman–Crippen LogP) is 0.679. The maximum atomic E-state index is 12.0. The Morgan fingerprint density at radius 1 is 1.32 bits per heavy atom. The molecular formula is C14H25IN6O. The van der Waals surface area contributed by atoms with Crippen molar-refractivity contribution in [3.8, 4) is 0 Å². The number of carbonyl (C=O) groups is 1. The van der Waals surface area contributed by atoms with Crippen LogP contribution in [0.2, 0.25) is 0 Å². The topological polar surface area (TPSA) is 74.6 Å². The Bertz CT molecular complexity index is 456. The highest BCUT2D eigenvalue weighted by atomic mass is 127. The molecule has 2 heterocycles. The molecule has 0 saturated carbocycles. The van der Waals surface area contributed by atoms with E-state index >= 15 is 0 Å². The number of hydrogen-bond donors (Lipinski definition) is 2. The summed E-state index contributed by atoms with van der Waals surface area (Å²) in [5, 5.41) is 6.38. The lowest BCUT2D eigenvalue weighted by molar-refractivity contribution is -0.128. The SMILES string of the molecule is CCNC(=NCC(=O)N1CCCC1)NCCn1ccnc1.I. The third kappa shape index (κ3) is 6.20. The van der Waals surface area contributed by atoms with E-state index in [0.29, 0.717) is 5.96 Å². The van der Waals surface area contributed by atoms with E-state index in [-0.39, 0.29) is 36.4 Å². The molecule has 0 unspecified atom stereocenters. The smallest absolute Gasteiger partial charge is 0.244 e. The molecule has 1 aromatic heterocycles. The molecule has 0 atom stereocenters. The number of nitrogens with one attached hydrogen (secondary N) is 2. The first kappa shape index (κ1) is 18.7. The number of carbonyl (C=O) groups excluding carboxylic acids is 1. The number of aliphatic imine (C=N–C) groups is 1. The number of guanidine groups is 1. The van der Waals surface area contributed by atoms with Crippen molar-refractivity contribution in [3.05, 3.63) is 18.7 Å². The quantitative estimate of drug-likeness (QED) is 0.403. The van der Waals surface area contributed by atoms with Crippen LogP contribution in [0, 0.1) is 0 Å². The van der Waals surface area contributed by atoms with E-state index in [1.54, 1.807) is 12.5 Å². The van der Waals surface area contributed by atoms with E-state index in [9.17, 15) is 4.79 Å². The summed E-state index contributed by atoms with van der Waals surface area (Å²) in [5.74, 6) is 0.796. The van der Waals surface area contributed by atoms with Crippen molar-refractivity contribution in [2.45, 2.75) is 26.3 Å². The van der Waals surface area contributed by atoms with Crippen molar-refractivity contribution in [3.63, 3.8) is 0 Å². The van der Waals surface area contributed by atoms with E-state index < -0.39 is 0 Å². The van der Waals surface area contributed by atoms with Gasteiger partial charge in [-0.1, -0.05) is 0 Å². The second-order valence-electron chi connectivity index (χ2n) is 5.01. The first-order chi connectivity index (χ1) is 10.3. The normalized spacial score (nSPS) is 14.6. The van der Waals surface area contributed by atoms with Crippen LogP contribution in [-0.4, -0.2) is 59.0 Å². The standard InChI is InChI=1S/C14H24N6O.HI/c1-2-16-14(17-6-10-19-9-5-15-12-19)18-11-13(21)20-7-3-4-8-20;/h5,9,12H,2-4,6-8,10-11H2,1H3,(H2,16,17,18);1H. The van der Waals surface area contributed by atoms with Crippen molar-refractivity contribution in [1.82, 2.24) is 25.1 Å². The van der Waals surface area contributed by atoms with Crippen LogP contribution in [0.25, 0.3) is 0 Å². The van der Waals surface area contributed by atoms with Crippen LogP contribution in [0.3, 0.4) is 0 Å². The van der Waals surface area contributed by atoms with Gasteiger partial charge < -0.3 is 20.1 Å². The third-order valence-electron chi connectivity index (χ3n) is 3.40. The summed E-state index contributed by atoms with van der Waals surface area (Å²) in [7, 11) is 0. The maximum Gasteiger partial charge on any atom is 0.244 e. The summed E-state index contributed by atoms with van der Waals surface area (Å²) in [6.07, 6.45) is 7.68. The van der Waals surface area contributed by atoms with E-state index in [4.69, 9.17) is 0 Å². The molecule has 0 aliphatic carbocycles. The molecule has 1 aliphatic rings. The highest BCUT2D eigenvalue weighted by molar-refractivity contribution is 14.0. The fourth-order valence-corrected chi connectivity index (χ4v) is 2.28. The molecule has 0 spiro atoms. The number of hydrogen-bond acceptors (Lipinski definition) is 3. The van der Waals surface area contributed by atoms with Gasteiger partial charge in [-0.05, 0) is 19.8 Å². The Morgan fingerprint density at radius 2 is 2.09 bits per heavy atom. The molecule has 0 aromatic carbocycles. The van der Waals surface area contributed by atoms with Crippen molar-refractivity contribution in [2.75, 3.05) is 32.7 Å². The molecule has 2 N–H and O–H groups in total. The number of imidazole rings is 1. The van der Waals surface area contributed by atoms with Crippen molar-refractivity contribution in [1.29, 1.82) is 0 Å². The van der Waals surface area contributed by atoms with Crippen molar-refractivity contribution < 1.29 is 4.79 Å². The summed E-state index contributed by atoms with van der Waals surface area (Å²) in [4.78, 5) is 22.2. The summed E-state index contributed by atoms with van der Waals surface area (Å²) in [5.41, 5.74) is 0. The van der Waals surface area contributed by atoms with Gasteiger partial charge in [0.15, 0.2) is 5.96 Å². The minimum absolute atomic E-state index is 0. The fraction of sp³-hybridized carbons (Fsp3) is 0.643. The van der Waals surface area contributed by atoms with Crippen LogP contribution < -0.4 is 10.6 Å². The van der Waals surface area contributed by atoms with Gasteiger partial charge in [0.05, 0.1) is 6.33 Å². The summed E-state index contributed by atoms with van der Waals surface area (Å²) in [6, 6.07) is 0. The maximum absolute atomic E-state index is 12.0. The van der Waals surface area contributed by atoms with E-state index in [1.807, 2.05) is 22.6 Å². The van der Waals surface area contributed by atoms with E-state index in [0.717, 1.165) is 45.6 Å². The zero-order valence-electron chi connectivity index (χ0n) is 13.0. The van der Waals surface area contributed by atoms with Crippen molar-refractivity contribution >= 4 is 35.8 Å². The lowest BCUT2D eigenvalue weighted by Crippen LogP contribution is -2.40. The van der Waals surface area contributed by atoms with Gasteiger partial charge in [0, 0.05) is 45.1 Å². The van der Waals surface area contributed by atoms with Gasteiger partial charge in [0.1, 0.15) is 6.54 Å². The molecule has 22 heavy (non-hydrogen) atoms. The minimum atomic E-state index is 0. The first-order valence-corrected chi connectivity index (χ1v) is 7.55. The molecule has 2 rings (SSSR count). The lowest BCUT2D eigenvalue weighted by atomic mass is 10.4. The molecule has 1 saturated heterocycles. The number of halogens is 1. The number of amides is 1. The van der Waals surface area contributed by atoms with Crippen LogP contribution in [0.1, 0.15) is 19.8 Å². The zero-order chi connectivity index (χ0) is 14.9. The average molecular weight is 420 g/mol. The number of aromatic nitrogens is 2. The summed E-state index contributed by atoms with van der Waals surface area (Å²) in [6.45, 7) is 6.28. The average Bonchev–Trinajstić information content (AvgIpc) is 3.17. The van der Waals surface area contributed by atoms with E-state index in [2.05, 4.69) is 20.6 Å². The molecule has 1 amide bonds. The monoisotopic (exact) mass is 420 g/mol. The van der Waals surface area contributed by atoms with Gasteiger partial charge in [-0.3, -0.25) is 4.79 Å². The minimum Gasteiger partial charge on any atom is -0.357 e. The molecule has 0 radical (unpaired) electrons. The fourth-order valence-electron chi connectivity index (χ4n) is 2.28. The largest absolute Gasteiger partial charge is 0.357 e. The predicted molar refractivity (Wildman–Crippen MR) is 97.4 cm³/mol. The summed E-state index contributed by atoms with van der Waals surface area (Å²) >= 11 is 0. The van der Waals surface area contributed by atoms with Crippen LogP contribution in [0.4, 0.5) is 0 Å². The van der Waals surface area contributed by atoms with Gasteiger partial charge in [0.2, 0.25) is 5.91 Å². The number of rotatable bonds is 6. The van der Waals surface area contributed by atoms with Crippen molar-refractivity contribution in [2.24, 2.45) is 4.99 Å². The van der Waals surface area contributed by atoms with Gasteiger partial charge in [-0.25, -0.2) is 9.98 Å². The Kier molecular flexibility index (Phi) is 8.86. The molecular weight excluding hydrogens is 395 g/mol. The van der Waals surface area contributed by atoms with Crippen LogP contribution in [-0.2, 0) is 11.3 Å². The molecule has 7 nitrogen and oxygen atoms in total. The van der Waals surface area contributed by atoms with Gasteiger partial charge in [0.25, 0.3) is 0 Å². The van der Waals surface area contributed by atoms with Gasteiger partial charge >= 0.3 is 0 Å². The van der Waals surface area contributed by atoms with Crippen LogP contribution in [0.5, 0.6) is 0 Å². The molecule has 1 aromatic rings.